The van der Waals surface area contributed by atoms with Gasteiger partial charge in [-0.3, -0.25) is 4.98 Å². The van der Waals surface area contributed by atoms with Crippen molar-refractivity contribution >= 4 is 20.9 Å². The number of aryl methyl sites for hydroxylation is 1. The predicted molar refractivity (Wildman–Crippen MR) is 89.1 cm³/mol. The largest absolute Gasteiger partial charge is 0.330 e. The summed E-state index contributed by atoms with van der Waals surface area (Å²) >= 11 is 0. The Balaban J connectivity index is 2.50. The van der Waals surface area contributed by atoms with Gasteiger partial charge in [-0.2, -0.15) is 0 Å². The van der Waals surface area contributed by atoms with Crippen molar-refractivity contribution in [2.45, 2.75) is 25.7 Å². The molecule has 0 unspecified atom stereocenters. The molecular weight excluding hydrogens is 298 g/mol. The third-order valence-electron chi connectivity index (χ3n) is 3.70. The van der Waals surface area contributed by atoms with Crippen LogP contribution in [0.4, 0.5) is 0 Å². The summed E-state index contributed by atoms with van der Waals surface area (Å²) in [5.41, 5.74) is 6.93. The van der Waals surface area contributed by atoms with Gasteiger partial charge in [-0.15, -0.1) is 0 Å². The van der Waals surface area contributed by atoms with Crippen molar-refractivity contribution in [3.8, 4) is 0 Å². The summed E-state index contributed by atoms with van der Waals surface area (Å²) in [5, 5.41) is 0.826. The van der Waals surface area contributed by atoms with Crippen molar-refractivity contribution in [3.05, 3.63) is 36.0 Å². The fraction of sp³-hybridized carbons (Fsp3) is 0.438. The maximum Gasteiger partial charge on any atom is 0.245 e. The van der Waals surface area contributed by atoms with Gasteiger partial charge >= 0.3 is 0 Å². The van der Waals surface area contributed by atoms with E-state index >= 15 is 0 Å². The van der Waals surface area contributed by atoms with Gasteiger partial charge in [0.2, 0.25) is 10.0 Å². The molecular formula is C16H23N3O2S. The lowest BCUT2D eigenvalue weighted by Gasteiger charge is -2.28. The second kappa shape index (κ2) is 5.95. The van der Waals surface area contributed by atoms with Crippen molar-refractivity contribution in [1.82, 2.24) is 9.29 Å². The minimum atomic E-state index is -3.61. The second-order valence-corrected chi connectivity index (χ2v) is 8.48. The summed E-state index contributed by atoms with van der Waals surface area (Å²) in [5.74, 6) is 0. The molecule has 22 heavy (non-hydrogen) atoms. The van der Waals surface area contributed by atoms with Crippen molar-refractivity contribution in [2.75, 3.05) is 20.1 Å². The fourth-order valence-corrected chi connectivity index (χ4v) is 3.89. The lowest BCUT2D eigenvalue weighted by Crippen LogP contribution is -2.39. The number of fused-ring (bicyclic) bond motifs is 1. The molecule has 0 amide bonds. The average molecular weight is 321 g/mol. The summed E-state index contributed by atoms with van der Waals surface area (Å²) in [6.07, 6.45) is 1.69. The number of nitrogens with zero attached hydrogens (tertiary/aromatic N) is 2. The molecule has 1 aromatic heterocycles. The van der Waals surface area contributed by atoms with Gasteiger partial charge in [0.1, 0.15) is 4.90 Å². The highest BCUT2D eigenvalue weighted by molar-refractivity contribution is 7.89. The molecule has 2 N–H and O–H groups in total. The zero-order valence-electron chi connectivity index (χ0n) is 13.5. The van der Waals surface area contributed by atoms with Crippen LogP contribution in [0.25, 0.3) is 10.9 Å². The van der Waals surface area contributed by atoms with Crippen LogP contribution < -0.4 is 5.73 Å². The van der Waals surface area contributed by atoms with E-state index in [9.17, 15) is 8.42 Å². The molecule has 0 atom stereocenters. The van der Waals surface area contributed by atoms with Crippen molar-refractivity contribution in [1.29, 1.82) is 0 Å². The Labute approximate surface area is 132 Å². The number of rotatable bonds is 5. The molecule has 0 spiro atoms. The van der Waals surface area contributed by atoms with E-state index in [0.717, 1.165) is 10.9 Å². The van der Waals surface area contributed by atoms with E-state index in [1.54, 1.807) is 25.4 Å². The van der Waals surface area contributed by atoms with Crippen LogP contribution in [0.3, 0.4) is 0 Å². The molecule has 0 aliphatic carbocycles. The maximum absolute atomic E-state index is 12.9. The molecule has 2 aromatic rings. The lowest BCUT2D eigenvalue weighted by molar-refractivity contribution is 0.292. The summed E-state index contributed by atoms with van der Waals surface area (Å²) in [4.78, 5) is 4.55. The van der Waals surface area contributed by atoms with Crippen LogP contribution in [0.15, 0.2) is 35.4 Å². The highest BCUT2D eigenvalue weighted by Crippen LogP contribution is 2.26. The Hall–Kier alpha value is -1.50. The van der Waals surface area contributed by atoms with E-state index < -0.39 is 10.0 Å². The number of nitrogens with two attached hydrogens (primary N) is 1. The third-order valence-corrected chi connectivity index (χ3v) is 5.54. The van der Waals surface area contributed by atoms with Crippen LogP contribution in [0.1, 0.15) is 19.4 Å². The average Bonchev–Trinajstić information content (AvgIpc) is 2.45. The number of sulfonamides is 1. The summed E-state index contributed by atoms with van der Waals surface area (Å²) in [6, 6.07) is 7.16. The van der Waals surface area contributed by atoms with Gasteiger partial charge in [-0.25, -0.2) is 12.7 Å². The van der Waals surface area contributed by atoms with E-state index in [4.69, 9.17) is 5.73 Å². The molecule has 1 aromatic carbocycles. The van der Waals surface area contributed by atoms with Crippen LogP contribution >= 0.6 is 0 Å². The Bertz CT molecular complexity index is 785. The summed E-state index contributed by atoms with van der Waals surface area (Å²) < 4.78 is 27.1. The molecule has 0 bridgehead atoms. The van der Waals surface area contributed by atoms with E-state index in [-0.39, 0.29) is 10.3 Å². The minimum absolute atomic E-state index is 0.236. The quantitative estimate of drug-likeness (QED) is 0.915. The van der Waals surface area contributed by atoms with E-state index in [0.29, 0.717) is 18.6 Å². The molecule has 5 nitrogen and oxygen atoms in total. The zero-order chi connectivity index (χ0) is 16.5. The maximum atomic E-state index is 12.9. The Morgan fingerprint density at radius 1 is 1.32 bits per heavy atom. The molecule has 0 radical (unpaired) electrons. The van der Waals surface area contributed by atoms with Crippen molar-refractivity contribution in [2.24, 2.45) is 11.1 Å². The van der Waals surface area contributed by atoms with Crippen LogP contribution in [0.5, 0.6) is 0 Å². The first-order valence-electron chi connectivity index (χ1n) is 7.19. The third kappa shape index (κ3) is 3.29. The highest BCUT2D eigenvalue weighted by Gasteiger charge is 2.28. The number of benzene rings is 1. The second-order valence-electron chi connectivity index (χ2n) is 6.47. The van der Waals surface area contributed by atoms with E-state index in [1.165, 1.54) is 4.31 Å². The molecule has 120 valence electrons. The van der Waals surface area contributed by atoms with E-state index in [1.807, 2.05) is 32.9 Å². The molecule has 1 heterocycles. The smallest absolute Gasteiger partial charge is 0.245 e. The van der Waals surface area contributed by atoms with Gasteiger partial charge in [0.15, 0.2) is 0 Å². The number of para-hydroxylation sites is 1. The Kier molecular flexibility index (Phi) is 4.56. The molecule has 0 aliphatic rings. The van der Waals surface area contributed by atoms with Crippen LogP contribution in [-0.2, 0) is 10.0 Å². The van der Waals surface area contributed by atoms with Gasteiger partial charge in [0.05, 0.1) is 5.52 Å². The standard InChI is InChI=1S/C16H23N3O2S/c1-12-8-13-6-5-7-14(15(13)18-9-12)22(20,21)19(4)11-16(2,3)10-17/h5-9H,10-11,17H2,1-4H3. The monoisotopic (exact) mass is 321 g/mol. The SMILES string of the molecule is Cc1cnc2c(S(=O)(=O)N(C)CC(C)(C)CN)cccc2c1. The first-order valence-corrected chi connectivity index (χ1v) is 8.63. The highest BCUT2D eigenvalue weighted by atomic mass is 32.2. The topological polar surface area (TPSA) is 76.3 Å². The molecule has 0 fully saturated rings. The van der Waals surface area contributed by atoms with E-state index in [2.05, 4.69) is 4.98 Å². The van der Waals surface area contributed by atoms with Gasteiger partial charge in [-0.05, 0) is 36.6 Å². The van der Waals surface area contributed by atoms with Gasteiger partial charge in [0.25, 0.3) is 0 Å². The fourth-order valence-electron chi connectivity index (χ4n) is 2.37. The van der Waals surface area contributed by atoms with Crippen LogP contribution in [0.2, 0.25) is 0 Å². The number of aromatic nitrogens is 1. The predicted octanol–water partition coefficient (Wildman–Crippen LogP) is 2.15. The molecule has 0 saturated carbocycles. The van der Waals surface area contributed by atoms with Gasteiger partial charge in [-0.1, -0.05) is 26.0 Å². The number of hydrogen-bond acceptors (Lipinski definition) is 4. The summed E-state index contributed by atoms with van der Waals surface area (Å²) in [6.45, 7) is 6.60. The zero-order valence-corrected chi connectivity index (χ0v) is 14.3. The van der Waals surface area contributed by atoms with Gasteiger partial charge in [0, 0.05) is 25.2 Å². The summed E-state index contributed by atoms with van der Waals surface area (Å²) in [7, 11) is -2.02. The number of pyridine rings is 1. The minimum Gasteiger partial charge on any atom is -0.330 e. The first-order chi connectivity index (χ1) is 10.2. The first kappa shape index (κ1) is 16.9. The van der Waals surface area contributed by atoms with Crippen LogP contribution in [-0.4, -0.2) is 37.8 Å². The van der Waals surface area contributed by atoms with Crippen LogP contribution in [0, 0.1) is 12.3 Å². The Morgan fingerprint density at radius 3 is 2.64 bits per heavy atom. The molecule has 0 saturated heterocycles. The molecule has 0 aliphatic heterocycles. The Morgan fingerprint density at radius 2 is 2.00 bits per heavy atom. The molecule has 6 heteroatoms. The molecule has 2 rings (SSSR count). The number of hydrogen-bond donors (Lipinski definition) is 1. The van der Waals surface area contributed by atoms with Gasteiger partial charge < -0.3 is 5.73 Å². The van der Waals surface area contributed by atoms with Crippen molar-refractivity contribution < 1.29 is 8.42 Å². The normalized spacial score (nSPS) is 13.0. The van der Waals surface area contributed by atoms with Crippen molar-refractivity contribution in [3.63, 3.8) is 0 Å². The lowest BCUT2D eigenvalue weighted by atomic mass is 9.94.